The lowest BCUT2D eigenvalue weighted by atomic mass is 10.1. The van der Waals surface area contributed by atoms with Crippen molar-refractivity contribution in [1.82, 2.24) is 5.32 Å². The number of thioether (sulfide) groups is 1. The van der Waals surface area contributed by atoms with E-state index in [0.29, 0.717) is 12.1 Å². The number of halogens is 1. The van der Waals surface area contributed by atoms with Crippen LogP contribution in [0.15, 0.2) is 6.07 Å². The zero-order valence-electron chi connectivity index (χ0n) is 10.7. The maximum absolute atomic E-state index is 6.13. The smallest absolute Gasteiger partial charge is 0.0934 e. The lowest BCUT2D eigenvalue weighted by molar-refractivity contribution is 0.443. The summed E-state index contributed by atoms with van der Waals surface area (Å²) in [5, 5.41) is 4.74. The fourth-order valence-electron chi connectivity index (χ4n) is 3.29. The summed E-state index contributed by atoms with van der Waals surface area (Å²) in [5.74, 6) is 1.24. The van der Waals surface area contributed by atoms with Crippen LogP contribution in [0, 0.1) is 0 Å². The second-order valence-corrected chi connectivity index (χ2v) is 8.50. The first-order valence-corrected chi connectivity index (χ1v) is 9.18. The Morgan fingerprint density at radius 2 is 2.33 bits per heavy atom. The Kier molecular flexibility index (Phi) is 4.24. The highest BCUT2D eigenvalue weighted by Gasteiger charge is 2.32. The Bertz CT molecular complexity index is 418. The molecule has 2 aliphatic rings. The minimum Gasteiger partial charge on any atom is -0.306 e. The van der Waals surface area contributed by atoms with Crippen LogP contribution in [0.25, 0.3) is 0 Å². The predicted molar refractivity (Wildman–Crippen MR) is 83.1 cm³/mol. The molecule has 0 spiro atoms. The second kappa shape index (κ2) is 5.74. The summed E-state index contributed by atoms with van der Waals surface area (Å²) >= 11 is 10.0. The lowest BCUT2D eigenvalue weighted by Gasteiger charge is -2.24. The second-order valence-electron chi connectivity index (χ2n) is 5.22. The summed E-state index contributed by atoms with van der Waals surface area (Å²) in [6.07, 6.45) is 6.60. The van der Waals surface area contributed by atoms with Gasteiger partial charge in [-0.3, -0.25) is 0 Å². The van der Waals surface area contributed by atoms with Crippen LogP contribution in [-0.4, -0.2) is 17.0 Å². The molecule has 1 N–H and O–H groups in total. The van der Waals surface area contributed by atoms with Gasteiger partial charge in [-0.25, -0.2) is 0 Å². The molecule has 1 aromatic heterocycles. The normalized spacial score (nSPS) is 30.9. The molecular weight excluding hydrogens is 282 g/mol. The van der Waals surface area contributed by atoms with E-state index in [1.54, 1.807) is 11.3 Å². The third-order valence-electron chi connectivity index (χ3n) is 4.10. The highest BCUT2D eigenvalue weighted by atomic mass is 35.5. The van der Waals surface area contributed by atoms with Gasteiger partial charge in [0.15, 0.2) is 0 Å². The fraction of sp³-hybridized carbons (Fsp3) is 0.714. The van der Waals surface area contributed by atoms with Crippen LogP contribution in [0.4, 0.5) is 0 Å². The molecule has 3 unspecified atom stereocenters. The molecule has 4 heteroatoms. The van der Waals surface area contributed by atoms with E-state index in [0.717, 1.165) is 9.59 Å². The molecule has 0 radical (unpaired) electrons. The molecule has 1 aromatic rings. The monoisotopic (exact) mass is 301 g/mol. The van der Waals surface area contributed by atoms with Crippen LogP contribution in [-0.2, 0) is 6.42 Å². The molecule has 1 heterocycles. The summed E-state index contributed by atoms with van der Waals surface area (Å²) in [7, 11) is 0. The molecule has 100 valence electrons. The van der Waals surface area contributed by atoms with Crippen molar-refractivity contribution in [3.8, 4) is 0 Å². The van der Waals surface area contributed by atoms with E-state index in [4.69, 9.17) is 11.6 Å². The quantitative estimate of drug-likeness (QED) is 0.868. The van der Waals surface area contributed by atoms with Gasteiger partial charge >= 0.3 is 0 Å². The van der Waals surface area contributed by atoms with Gasteiger partial charge in [-0.2, -0.15) is 11.8 Å². The van der Waals surface area contributed by atoms with Crippen LogP contribution >= 0.6 is 34.7 Å². The number of rotatable bonds is 4. The first-order chi connectivity index (χ1) is 8.78. The Labute approximate surface area is 123 Å². The van der Waals surface area contributed by atoms with Gasteiger partial charge in [-0.05, 0) is 43.1 Å². The van der Waals surface area contributed by atoms with Gasteiger partial charge in [-0.1, -0.05) is 24.9 Å². The number of nitrogens with one attached hydrogen (secondary N) is 1. The Morgan fingerprint density at radius 1 is 1.44 bits per heavy atom. The molecule has 1 nitrogen and oxygen atoms in total. The van der Waals surface area contributed by atoms with Crippen LogP contribution in [0.3, 0.4) is 0 Å². The fourth-order valence-corrected chi connectivity index (χ4v) is 5.86. The van der Waals surface area contributed by atoms with Crippen LogP contribution < -0.4 is 5.32 Å². The Balaban J connectivity index is 1.66. The van der Waals surface area contributed by atoms with Crippen molar-refractivity contribution in [2.45, 2.75) is 56.4 Å². The summed E-state index contributed by atoms with van der Waals surface area (Å²) in [6, 6.07) is 3.46. The minimum atomic E-state index is 0.562. The van der Waals surface area contributed by atoms with Gasteiger partial charge in [0.2, 0.25) is 0 Å². The number of thiophene rings is 1. The molecule has 1 saturated carbocycles. The molecular formula is C14H20ClNS2. The number of hydrogen-bond acceptors (Lipinski definition) is 3. The van der Waals surface area contributed by atoms with Gasteiger partial charge in [0.25, 0.3) is 0 Å². The molecule has 0 saturated heterocycles. The zero-order chi connectivity index (χ0) is 12.5. The molecule has 0 aliphatic heterocycles. The highest BCUT2D eigenvalue weighted by molar-refractivity contribution is 7.99. The summed E-state index contributed by atoms with van der Waals surface area (Å²) in [5.41, 5.74) is 1.48. The molecule has 0 bridgehead atoms. The average molecular weight is 302 g/mol. The van der Waals surface area contributed by atoms with Crippen molar-refractivity contribution in [2.24, 2.45) is 0 Å². The van der Waals surface area contributed by atoms with Crippen LogP contribution in [0.5, 0.6) is 0 Å². The molecule has 0 amide bonds. The first kappa shape index (κ1) is 13.3. The standard InChI is InChI=1S/C14H20ClNS2/c1-2-17-13-5-3-4-11(13)16-10-6-7-12-9(10)8-14(15)18-12/h8,10-11,13,16H,2-7H2,1H3. The number of hydrogen-bond donors (Lipinski definition) is 1. The van der Waals surface area contributed by atoms with E-state index < -0.39 is 0 Å². The van der Waals surface area contributed by atoms with Crippen LogP contribution in [0.1, 0.15) is 49.1 Å². The van der Waals surface area contributed by atoms with Crippen molar-refractivity contribution < 1.29 is 0 Å². The van der Waals surface area contributed by atoms with Gasteiger partial charge < -0.3 is 5.32 Å². The zero-order valence-corrected chi connectivity index (χ0v) is 13.1. The molecule has 2 aliphatic carbocycles. The Morgan fingerprint density at radius 3 is 3.17 bits per heavy atom. The summed E-state index contributed by atoms with van der Waals surface area (Å²) in [4.78, 5) is 1.51. The van der Waals surface area contributed by atoms with Crippen molar-refractivity contribution in [2.75, 3.05) is 5.75 Å². The van der Waals surface area contributed by atoms with E-state index in [9.17, 15) is 0 Å². The van der Waals surface area contributed by atoms with Crippen molar-refractivity contribution in [1.29, 1.82) is 0 Å². The molecule has 3 rings (SSSR count). The predicted octanol–water partition coefficient (Wildman–Crippen LogP) is 4.65. The van der Waals surface area contributed by atoms with E-state index in [1.165, 1.54) is 48.3 Å². The van der Waals surface area contributed by atoms with E-state index in [2.05, 4.69) is 30.1 Å². The van der Waals surface area contributed by atoms with E-state index in [-0.39, 0.29) is 0 Å². The largest absolute Gasteiger partial charge is 0.306 e. The van der Waals surface area contributed by atoms with E-state index >= 15 is 0 Å². The summed E-state index contributed by atoms with van der Waals surface area (Å²) in [6.45, 7) is 2.27. The van der Waals surface area contributed by atoms with Crippen molar-refractivity contribution in [3.05, 3.63) is 20.8 Å². The van der Waals surface area contributed by atoms with Crippen LogP contribution in [0.2, 0.25) is 4.34 Å². The topological polar surface area (TPSA) is 12.0 Å². The van der Waals surface area contributed by atoms with Gasteiger partial charge in [0.1, 0.15) is 0 Å². The third kappa shape index (κ3) is 2.60. The van der Waals surface area contributed by atoms with Gasteiger partial charge in [-0.15, -0.1) is 11.3 Å². The van der Waals surface area contributed by atoms with Crippen molar-refractivity contribution >= 4 is 34.7 Å². The van der Waals surface area contributed by atoms with E-state index in [1.807, 2.05) is 0 Å². The number of fused-ring (bicyclic) bond motifs is 1. The molecule has 18 heavy (non-hydrogen) atoms. The Hall–Kier alpha value is 0.300. The average Bonchev–Trinajstić information content (AvgIpc) is 2.99. The van der Waals surface area contributed by atoms with Gasteiger partial charge in [0.05, 0.1) is 4.34 Å². The molecule has 0 aromatic carbocycles. The maximum Gasteiger partial charge on any atom is 0.0934 e. The third-order valence-corrected chi connectivity index (χ3v) is 6.76. The molecule has 1 fully saturated rings. The lowest BCUT2D eigenvalue weighted by Crippen LogP contribution is -2.36. The summed E-state index contributed by atoms with van der Waals surface area (Å²) < 4.78 is 0.956. The highest BCUT2D eigenvalue weighted by Crippen LogP contribution is 2.41. The number of aryl methyl sites for hydroxylation is 1. The molecule has 3 atom stereocenters. The maximum atomic E-state index is 6.13. The SMILES string of the molecule is CCSC1CCCC1NC1CCc2sc(Cl)cc21. The first-order valence-electron chi connectivity index (χ1n) is 6.93. The van der Waals surface area contributed by atoms with Gasteiger partial charge in [0, 0.05) is 22.2 Å². The minimum absolute atomic E-state index is 0.562. The van der Waals surface area contributed by atoms with Crippen molar-refractivity contribution in [3.63, 3.8) is 0 Å².